The highest BCUT2D eigenvalue weighted by Crippen LogP contribution is 2.33. The monoisotopic (exact) mass is 333 g/mol. The molecule has 0 radical (unpaired) electrons. The summed E-state index contributed by atoms with van der Waals surface area (Å²) in [4.78, 5) is 38.0. The molecule has 0 saturated carbocycles. The van der Waals surface area contributed by atoms with Crippen LogP contribution in [0.25, 0.3) is 0 Å². The zero-order chi connectivity index (χ0) is 17.2. The molecule has 0 atom stereocenters. The van der Waals surface area contributed by atoms with Crippen molar-refractivity contribution in [1.82, 2.24) is 24.7 Å². The third-order valence-corrected chi connectivity index (χ3v) is 4.60. The molecule has 8 heteroatoms. The van der Waals surface area contributed by atoms with E-state index in [1.807, 2.05) is 19.0 Å². The Morgan fingerprint density at radius 3 is 2.71 bits per heavy atom. The number of aromatic nitrogens is 2. The van der Waals surface area contributed by atoms with Gasteiger partial charge in [-0.3, -0.25) is 9.78 Å². The molecule has 8 nitrogen and oxygen atoms in total. The van der Waals surface area contributed by atoms with Gasteiger partial charge in [0.1, 0.15) is 11.3 Å². The van der Waals surface area contributed by atoms with Crippen molar-refractivity contribution >= 4 is 12.0 Å². The van der Waals surface area contributed by atoms with E-state index in [1.165, 1.54) is 12.4 Å². The fraction of sp³-hybridized carbons (Fsp3) is 0.625. The summed E-state index contributed by atoms with van der Waals surface area (Å²) in [5.74, 6) is -0.119. The van der Waals surface area contributed by atoms with Crippen LogP contribution >= 0.6 is 0 Å². The van der Waals surface area contributed by atoms with Gasteiger partial charge in [0.15, 0.2) is 0 Å². The number of rotatable bonds is 4. The first-order valence-electron chi connectivity index (χ1n) is 8.17. The maximum absolute atomic E-state index is 12.4. The Kier molecular flexibility index (Phi) is 4.66. The van der Waals surface area contributed by atoms with Crippen LogP contribution < -0.4 is 0 Å². The molecule has 0 aromatic carbocycles. The summed E-state index contributed by atoms with van der Waals surface area (Å²) in [7, 11) is 3.96. The van der Waals surface area contributed by atoms with E-state index in [9.17, 15) is 9.59 Å². The molecule has 2 aliphatic heterocycles. The Morgan fingerprint density at radius 1 is 1.33 bits per heavy atom. The van der Waals surface area contributed by atoms with Crippen molar-refractivity contribution in [2.24, 2.45) is 0 Å². The van der Waals surface area contributed by atoms with Gasteiger partial charge in [-0.15, -0.1) is 0 Å². The van der Waals surface area contributed by atoms with Gasteiger partial charge in [0.2, 0.25) is 0 Å². The highest BCUT2D eigenvalue weighted by molar-refractivity contribution is 5.92. The second-order valence-corrected chi connectivity index (χ2v) is 6.66. The molecule has 2 amide bonds. The molecular formula is C16H23N5O3. The fourth-order valence-corrected chi connectivity index (χ4v) is 3.13. The van der Waals surface area contributed by atoms with Crippen LogP contribution in [-0.2, 0) is 4.74 Å². The fourth-order valence-electron chi connectivity index (χ4n) is 3.13. The molecule has 24 heavy (non-hydrogen) atoms. The Labute approximate surface area is 141 Å². The molecule has 3 heterocycles. The molecule has 0 bridgehead atoms. The van der Waals surface area contributed by atoms with E-state index < -0.39 is 5.60 Å². The number of likely N-dealkylation sites (tertiary alicyclic amines) is 1. The molecule has 3 rings (SSSR count). The molecule has 1 spiro atoms. The van der Waals surface area contributed by atoms with Crippen LogP contribution in [0.5, 0.6) is 0 Å². The number of likely N-dealkylation sites (N-methyl/N-ethyl adjacent to an activating group) is 1. The van der Waals surface area contributed by atoms with Gasteiger partial charge < -0.3 is 19.4 Å². The van der Waals surface area contributed by atoms with Crippen molar-refractivity contribution in [2.75, 3.05) is 46.8 Å². The van der Waals surface area contributed by atoms with Crippen LogP contribution in [0.15, 0.2) is 18.6 Å². The molecule has 2 saturated heterocycles. The van der Waals surface area contributed by atoms with Gasteiger partial charge in [0.05, 0.1) is 12.7 Å². The summed E-state index contributed by atoms with van der Waals surface area (Å²) in [6.07, 6.45) is 5.60. The lowest BCUT2D eigenvalue weighted by Crippen LogP contribution is -2.49. The third kappa shape index (κ3) is 3.48. The maximum atomic E-state index is 12.4. The number of nitrogens with zero attached hydrogens (tertiary/aromatic N) is 5. The van der Waals surface area contributed by atoms with E-state index in [1.54, 1.807) is 16.0 Å². The van der Waals surface area contributed by atoms with Crippen LogP contribution in [0, 0.1) is 0 Å². The smallest absolute Gasteiger partial charge is 0.410 e. The Balaban J connectivity index is 1.57. The predicted octanol–water partition coefficient (Wildman–Crippen LogP) is 0.465. The molecule has 0 unspecified atom stereocenters. The van der Waals surface area contributed by atoms with Crippen molar-refractivity contribution in [2.45, 2.75) is 18.4 Å². The Morgan fingerprint density at radius 2 is 2.08 bits per heavy atom. The molecule has 1 aromatic rings. The molecule has 2 aliphatic rings. The highest BCUT2D eigenvalue weighted by atomic mass is 16.6. The van der Waals surface area contributed by atoms with Crippen LogP contribution in [0.2, 0.25) is 0 Å². The minimum Gasteiger partial charge on any atom is -0.441 e. The van der Waals surface area contributed by atoms with E-state index in [2.05, 4.69) is 9.97 Å². The second kappa shape index (κ2) is 6.72. The van der Waals surface area contributed by atoms with Crippen LogP contribution in [0.3, 0.4) is 0 Å². The second-order valence-electron chi connectivity index (χ2n) is 6.66. The summed E-state index contributed by atoms with van der Waals surface area (Å²) in [5, 5.41) is 0. The number of hydrogen-bond acceptors (Lipinski definition) is 6. The normalized spacial score (nSPS) is 19.9. The number of amides is 2. The molecule has 1 aromatic heterocycles. The maximum Gasteiger partial charge on any atom is 0.410 e. The SMILES string of the molecule is CN(C)CCN1CC2(CCN(C(=O)c3cnccn3)CC2)OC1=O. The largest absolute Gasteiger partial charge is 0.441 e. The lowest BCUT2D eigenvalue weighted by atomic mass is 9.91. The number of ether oxygens (including phenoxy) is 1. The lowest BCUT2D eigenvalue weighted by molar-refractivity contribution is 0.00295. The number of hydrogen-bond donors (Lipinski definition) is 0. The quantitative estimate of drug-likeness (QED) is 0.797. The summed E-state index contributed by atoms with van der Waals surface area (Å²) in [6, 6.07) is 0. The van der Waals surface area contributed by atoms with Crippen molar-refractivity contribution in [1.29, 1.82) is 0 Å². The number of carbonyl (C=O) groups excluding carboxylic acids is 2. The van der Waals surface area contributed by atoms with Gasteiger partial charge in [-0.25, -0.2) is 9.78 Å². The van der Waals surface area contributed by atoms with Crippen molar-refractivity contribution < 1.29 is 14.3 Å². The van der Waals surface area contributed by atoms with Gasteiger partial charge in [0, 0.05) is 51.4 Å². The van der Waals surface area contributed by atoms with E-state index in [0.29, 0.717) is 44.7 Å². The van der Waals surface area contributed by atoms with Gasteiger partial charge in [-0.1, -0.05) is 0 Å². The van der Waals surface area contributed by atoms with Gasteiger partial charge in [0.25, 0.3) is 5.91 Å². The van der Waals surface area contributed by atoms with Gasteiger partial charge in [-0.05, 0) is 14.1 Å². The standard InChI is InChI=1S/C16H23N5O3/c1-19(2)9-10-21-12-16(24-15(21)23)3-7-20(8-4-16)14(22)13-11-17-5-6-18-13/h5-6,11H,3-4,7-10,12H2,1-2H3. The average molecular weight is 333 g/mol. The van der Waals surface area contributed by atoms with Crippen molar-refractivity contribution in [3.05, 3.63) is 24.3 Å². The lowest BCUT2D eigenvalue weighted by Gasteiger charge is -2.37. The van der Waals surface area contributed by atoms with Crippen molar-refractivity contribution in [3.8, 4) is 0 Å². The van der Waals surface area contributed by atoms with E-state index in [-0.39, 0.29) is 12.0 Å². The van der Waals surface area contributed by atoms with Crippen LogP contribution in [0.1, 0.15) is 23.3 Å². The summed E-state index contributed by atoms with van der Waals surface area (Å²) < 4.78 is 5.67. The Bertz CT molecular complexity index is 599. The van der Waals surface area contributed by atoms with Crippen molar-refractivity contribution in [3.63, 3.8) is 0 Å². The Hall–Kier alpha value is -2.22. The third-order valence-electron chi connectivity index (χ3n) is 4.60. The molecule has 0 N–H and O–H groups in total. The average Bonchev–Trinajstić information content (AvgIpc) is 2.89. The minimum atomic E-state index is -0.456. The van der Waals surface area contributed by atoms with E-state index in [0.717, 1.165) is 6.54 Å². The zero-order valence-electron chi connectivity index (χ0n) is 14.1. The van der Waals surface area contributed by atoms with Crippen LogP contribution in [-0.4, -0.2) is 89.1 Å². The first kappa shape index (κ1) is 16.6. The highest BCUT2D eigenvalue weighted by Gasteiger charge is 2.47. The summed E-state index contributed by atoms with van der Waals surface area (Å²) in [6.45, 7) is 3.19. The van der Waals surface area contributed by atoms with E-state index in [4.69, 9.17) is 4.74 Å². The molecule has 130 valence electrons. The first-order valence-corrected chi connectivity index (χ1v) is 8.17. The van der Waals surface area contributed by atoms with E-state index >= 15 is 0 Å². The predicted molar refractivity (Wildman–Crippen MR) is 86.5 cm³/mol. The molecule has 2 fully saturated rings. The molecule has 0 aliphatic carbocycles. The van der Waals surface area contributed by atoms with Gasteiger partial charge >= 0.3 is 6.09 Å². The molecular weight excluding hydrogens is 310 g/mol. The number of carbonyl (C=O) groups is 2. The topological polar surface area (TPSA) is 78.9 Å². The summed E-state index contributed by atoms with van der Waals surface area (Å²) >= 11 is 0. The van der Waals surface area contributed by atoms with Crippen LogP contribution in [0.4, 0.5) is 4.79 Å². The summed E-state index contributed by atoms with van der Waals surface area (Å²) in [5.41, 5.74) is -0.104. The first-order chi connectivity index (χ1) is 11.5. The number of piperidine rings is 1. The zero-order valence-corrected chi connectivity index (χ0v) is 14.1. The minimum absolute atomic E-state index is 0.119. The van der Waals surface area contributed by atoms with Gasteiger partial charge in [-0.2, -0.15) is 0 Å².